The molecular formula is C22H24O6. The van der Waals surface area contributed by atoms with Gasteiger partial charge in [0.05, 0.1) is 11.1 Å². The maximum atomic E-state index is 12.4. The van der Waals surface area contributed by atoms with Crippen LogP contribution in [0.25, 0.3) is 6.08 Å². The van der Waals surface area contributed by atoms with E-state index in [9.17, 15) is 14.4 Å². The van der Waals surface area contributed by atoms with Crippen LogP contribution in [0.15, 0.2) is 39.9 Å². The second-order valence-corrected chi connectivity index (χ2v) is 7.49. The zero-order valence-electron chi connectivity index (χ0n) is 16.3. The summed E-state index contributed by atoms with van der Waals surface area (Å²) in [7, 11) is 0. The molecule has 148 valence electrons. The Bertz CT molecular complexity index is 885. The topological polar surface area (TPSA) is 82.8 Å². The lowest BCUT2D eigenvalue weighted by atomic mass is 9.87. The second-order valence-electron chi connectivity index (χ2n) is 7.49. The van der Waals surface area contributed by atoms with Gasteiger partial charge in [-0.1, -0.05) is 17.7 Å². The van der Waals surface area contributed by atoms with Crippen LogP contribution in [-0.4, -0.2) is 30.4 Å². The number of rotatable bonds is 3. The smallest absolute Gasteiger partial charge is 0.338 e. The summed E-state index contributed by atoms with van der Waals surface area (Å²) in [6.07, 6.45) is 4.44. The first-order valence-electron chi connectivity index (χ1n) is 9.27. The minimum absolute atomic E-state index is 0.152. The lowest BCUT2D eigenvalue weighted by Crippen LogP contribution is -2.26. The molecule has 0 aliphatic carbocycles. The first-order valence-corrected chi connectivity index (χ1v) is 9.27. The molecular weight excluding hydrogens is 360 g/mol. The van der Waals surface area contributed by atoms with E-state index in [-0.39, 0.29) is 5.92 Å². The van der Waals surface area contributed by atoms with Gasteiger partial charge in [-0.3, -0.25) is 9.59 Å². The third kappa shape index (κ3) is 4.32. The molecule has 0 saturated carbocycles. The average Bonchev–Trinajstić information content (AvgIpc) is 3.15. The van der Waals surface area contributed by atoms with E-state index in [2.05, 4.69) is 6.58 Å². The van der Waals surface area contributed by atoms with Crippen molar-refractivity contribution >= 4 is 24.3 Å². The summed E-state index contributed by atoms with van der Waals surface area (Å²) in [6.45, 7) is 9.12. The SMILES string of the molecule is C=C(C)[C@@H]1Cc2oc(cc2C=O)/C=C(\C)C[C@@H]2C=C(C(=O)O2)[C@H](OC(C)=O)C1. The summed E-state index contributed by atoms with van der Waals surface area (Å²) in [5.74, 6) is 0.0503. The minimum atomic E-state index is -0.740. The van der Waals surface area contributed by atoms with E-state index in [0.717, 1.165) is 17.4 Å². The Labute approximate surface area is 163 Å². The minimum Gasteiger partial charge on any atom is -0.461 e. The van der Waals surface area contributed by atoms with Crippen LogP contribution in [0, 0.1) is 5.92 Å². The molecule has 3 atom stereocenters. The third-order valence-corrected chi connectivity index (χ3v) is 5.04. The van der Waals surface area contributed by atoms with Crippen molar-refractivity contribution in [3.8, 4) is 0 Å². The number of furan rings is 1. The van der Waals surface area contributed by atoms with Crippen LogP contribution in [0.2, 0.25) is 0 Å². The number of hydrogen-bond donors (Lipinski definition) is 0. The molecule has 0 unspecified atom stereocenters. The molecule has 3 heterocycles. The van der Waals surface area contributed by atoms with Crippen LogP contribution >= 0.6 is 0 Å². The van der Waals surface area contributed by atoms with Gasteiger partial charge in [0.2, 0.25) is 0 Å². The Kier molecular flexibility index (Phi) is 5.68. The molecule has 6 nitrogen and oxygen atoms in total. The highest BCUT2D eigenvalue weighted by molar-refractivity contribution is 5.92. The number of aldehydes is 1. The molecule has 0 N–H and O–H groups in total. The predicted molar refractivity (Wildman–Crippen MR) is 103 cm³/mol. The van der Waals surface area contributed by atoms with Gasteiger partial charge in [-0.15, -0.1) is 0 Å². The Morgan fingerprint density at radius 3 is 2.71 bits per heavy atom. The molecule has 0 fully saturated rings. The van der Waals surface area contributed by atoms with Gasteiger partial charge in [-0.05, 0) is 44.4 Å². The molecule has 2 aliphatic heterocycles. The fraction of sp³-hybridized carbons (Fsp3) is 0.409. The summed E-state index contributed by atoms with van der Waals surface area (Å²) >= 11 is 0. The predicted octanol–water partition coefficient (Wildman–Crippen LogP) is 3.81. The number of carbonyl (C=O) groups excluding carboxylic acids is 3. The number of carbonyl (C=O) groups is 3. The van der Waals surface area contributed by atoms with Crippen LogP contribution in [0.1, 0.15) is 55.5 Å². The molecule has 0 saturated heterocycles. The lowest BCUT2D eigenvalue weighted by Gasteiger charge is -2.23. The van der Waals surface area contributed by atoms with Crippen LogP contribution in [0.4, 0.5) is 0 Å². The fourth-order valence-electron chi connectivity index (χ4n) is 3.64. The van der Waals surface area contributed by atoms with Crippen molar-refractivity contribution in [3.05, 3.63) is 52.5 Å². The van der Waals surface area contributed by atoms with Crippen molar-refractivity contribution in [3.63, 3.8) is 0 Å². The van der Waals surface area contributed by atoms with Crippen molar-refractivity contribution in [1.82, 2.24) is 0 Å². The molecule has 0 radical (unpaired) electrons. The highest BCUT2D eigenvalue weighted by Crippen LogP contribution is 2.32. The molecule has 4 bridgehead atoms. The van der Waals surface area contributed by atoms with Gasteiger partial charge < -0.3 is 13.9 Å². The monoisotopic (exact) mass is 384 g/mol. The van der Waals surface area contributed by atoms with Gasteiger partial charge in [-0.25, -0.2) is 4.79 Å². The molecule has 28 heavy (non-hydrogen) atoms. The largest absolute Gasteiger partial charge is 0.461 e. The summed E-state index contributed by atoms with van der Waals surface area (Å²) in [6, 6.07) is 1.71. The molecule has 1 aromatic rings. The van der Waals surface area contributed by atoms with Gasteiger partial charge >= 0.3 is 11.9 Å². The van der Waals surface area contributed by atoms with Gasteiger partial charge in [-0.2, -0.15) is 0 Å². The van der Waals surface area contributed by atoms with E-state index in [4.69, 9.17) is 13.9 Å². The van der Waals surface area contributed by atoms with E-state index >= 15 is 0 Å². The molecule has 0 amide bonds. The molecule has 2 aliphatic rings. The maximum Gasteiger partial charge on any atom is 0.338 e. The summed E-state index contributed by atoms with van der Waals surface area (Å²) in [5, 5.41) is 0. The van der Waals surface area contributed by atoms with Gasteiger partial charge in [0.15, 0.2) is 6.29 Å². The maximum absolute atomic E-state index is 12.4. The number of esters is 2. The van der Waals surface area contributed by atoms with E-state index in [1.165, 1.54) is 6.92 Å². The van der Waals surface area contributed by atoms with E-state index in [0.29, 0.717) is 41.9 Å². The second kappa shape index (κ2) is 8.00. The van der Waals surface area contributed by atoms with Gasteiger partial charge in [0.1, 0.15) is 23.7 Å². The highest BCUT2D eigenvalue weighted by Gasteiger charge is 2.35. The number of hydrogen-bond acceptors (Lipinski definition) is 6. The Balaban J connectivity index is 2.07. The summed E-state index contributed by atoms with van der Waals surface area (Å²) in [4.78, 5) is 35.6. The van der Waals surface area contributed by atoms with Crippen molar-refractivity contribution in [2.75, 3.05) is 0 Å². The number of ether oxygens (including phenoxy) is 2. The van der Waals surface area contributed by atoms with Crippen LogP contribution in [-0.2, 0) is 25.5 Å². The standard InChI is InChI=1S/C22H24O6/c1-12(2)15-8-20-16(11-23)7-17(27-20)5-13(3)6-18-10-19(22(25)28-18)21(9-15)26-14(4)24/h5,7,10-11,15,18,21H,1,6,8-9H2,2-4H3/b13-5+/t15-,18-,21-/m1/s1. The molecule has 0 spiro atoms. The van der Waals surface area contributed by atoms with Gasteiger partial charge in [0, 0.05) is 19.8 Å². The Hall–Kier alpha value is -2.89. The van der Waals surface area contributed by atoms with Crippen molar-refractivity contribution in [1.29, 1.82) is 0 Å². The van der Waals surface area contributed by atoms with Crippen LogP contribution in [0.5, 0.6) is 0 Å². The van der Waals surface area contributed by atoms with E-state index in [1.54, 1.807) is 12.1 Å². The average molecular weight is 384 g/mol. The number of fused-ring (bicyclic) bond motifs is 3. The fourth-order valence-corrected chi connectivity index (χ4v) is 3.64. The zero-order valence-corrected chi connectivity index (χ0v) is 16.3. The first kappa shape index (κ1) is 19.9. The van der Waals surface area contributed by atoms with Crippen LogP contribution in [0.3, 0.4) is 0 Å². The van der Waals surface area contributed by atoms with E-state index in [1.807, 2.05) is 19.9 Å². The lowest BCUT2D eigenvalue weighted by molar-refractivity contribution is -0.147. The normalized spacial score (nSPS) is 26.5. The van der Waals surface area contributed by atoms with Crippen molar-refractivity contribution in [2.24, 2.45) is 5.92 Å². The first-order chi connectivity index (χ1) is 13.3. The Morgan fingerprint density at radius 2 is 2.07 bits per heavy atom. The van der Waals surface area contributed by atoms with Crippen molar-refractivity contribution in [2.45, 2.75) is 52.2 Å². The van der Waals surface area contributed by atoms with Crippen molar-refractivity contribution < 1.29 is 28.3 Å². The molecule has 3 rings (SSSR count). The quantitative estimate of drug-likeness (QED) is 0.448. The number of allylic oxidation sites excluding steroid dienone is 1. The zero-order chi connectivity index (χ0) is 20.4. The summed E-state index contributed by atoms with van der Waals surface area (Å²) in [5.41, 5.74) is 2.62. The molecule has 1 aromatic heterocycles. The summed E-state index contributed by atoms with van der Waals surface area (Å²) < 4.78 is 16.8. The highest BCUT2D eigenvalue weighted by atomic mass is 16.6. The molecule has 0 aromatic carbocycles. The Morgan fingerprint density at radius 1 is 1.32 bits per heavy atom. The van der Waals surface area contributed by atoms with E-state index < -0.39 is 24.1 Å². The van der Waals surface area contributed by atoms with Crippen LogP contribution < -0.4 is 0 Å². The third-order valence-electron chi connectivity index (χ3n) is 5.04. The van der Waals surface area contributed by atoms with Gasteiger partial charge in [0.25, 0.3) is 0 Å². The molecule has 6 heteroatoms.